The molecule has 45 heavy (non-hydrogen) atoms. The molecule has 14 heteroatoms. The first-order chi connectivity index (χ1) is 21.8. The van der Waals surface area contributed by atoms with Crippen LogP contribution in [-0.4, -0.2) is 81.8 Å². The number of rotatable bonds is 4. The van der Waals surface area contributed by atoms with E-state index in [-0.39, 0.29) is 42.7 Å². The summed E-state index contributed by atoms with van der Waals surface area (Å²) in [6, 6.07) is 15.3. The van der Waals surface area contributed by atoms with Crippen LogP contribution in [0, 0.1) is 5.82 Å². The van der Waals surface area contributed by atoms with Crippen molar-refractivity contribution in [3.05, 3.63) is 95.1 Å². The van der Waals surface area contributed by atoms with Crippen molar-refractivity contribution in [3.63, 3.8) is 0 Å². The number of nitrogens with zero attached hydrogens (tertiary/aromatic N) is 5. The van der Waals surface area contributed by atoms with Gasteiger partial charge in [-0.1, -0.05) is 12.1 Å². The number of hydrogen-bond donors (Lipinski definition) is 2. The molecular weight excluding hydrogens is 585 g/mol. The molecule has 2 aliphatic heterocycles. The Hall–Kier alpha value is -5.53. The van der Waals surface area contributed by atoms with Gasteiger partial charge in [-0.05, 0) is 64.0 Å². The molecule has 2 atom stereocenters. The van der Waals surface area contributed by atoms with Crippen molar-refractivity contribution in [1.29, 1.82) is 0 Å². The minimum absolute atomic E-state index is 0.0524. The third-order valence-electron chi connectivity index (χ3n) is 7.58. The normalized spacial score (nSPS) is 18.5. The molecule has 232 valence electrons. The van der Waals surface area contributed by atoms with Crippen molar-refractivity contribution in [3.8, 4) is 17.2 Å². The van der Waals surface area contributed by atoms with Gasteiger partial charge in [0.25, 0.3) is 17.7 Å². The fourth-order valence-corrected chi connectivity index (χ4v) is 5.34. The number of nitrogens with one attached hydrogen (secondary N) is 2. The summed E-state index contributed by atoms with van der Waals surface area (Å²) in [6.45, 7) is 0.632. The molecule has 1 fully saturated rings. The van der Waals surface area contributed by atoms with Gasteiger partial charge in [-0.25, -0.2) is 9.07 Å². The Morgan fingerprint density at radius 2 is 1.96 bits per heavy atom. The molecule has 4 bridgehead atoms. The lowest BCUT2D eigenvalue weighted by molar-refractivity contribution is -0.125. The SMILES string of the molecule is COc1ccc2cc1OCC(=O)N[C@@H]1CN(C(=O)c3ccc(Cn4cnnn4)cc3)CC[C@@H]1Oc1cc(F)cc(c1)CNC2=O. The lowest BCUT2D eigenvalue weighted by Crippen LogP contribution is -2.58. The highest BCUT2D eigenvalue weighted by atomic mass is 19.1. The minimum Gasteiger partial charge on any atom is -0.493 e. The number of piperidine rings is 1. The topological polar surface area (TPSA) is 150 Å². The van der Waals surface area contributed by atoms with Gasteiger partial charge in [-0.2, -0.15) is 0 Å². The van der Waals surface area contributed by atoms with Crippen molar-refractivity contribution < 1.29 is 33.0 Å². The van der Waals surface area contributed by atoms with E-state index in [2.05, 4.69) is 26.2 Å². The van der Waals surface area contributed by atoms with E-state index in [0.717, 1.165) is 5.56 Å². The molecule has 0 aliphatic carbocycles. The van der Waals surface area contributed by atoms with Crippen LogP contribution >= 0.6 is 0 Å². The van der Waals surface area contributed by atoms with Gasteiger partial charge in [0.1, 0.15) is 24.0 Å². The van der Waals surface area contributed by atoms with Gasteiger partial charge in [0.05, 0.1) is 19.7 Å². The number of methoxy groups -OCH3 is 1. The number of amides is 3. The Morgan fingerprint density at radius 3 is 2.73 bits per heavy atom. The number of benzene rings is 3. The van der Waals surface area contributed by atoms with Crippen molar-refractivity contribution >= 4 is 17.7 Å². The van der Waals surface area contributed by atoms with E-state index in [1.54, 1.807) is 39.9 Å². The van der Waals surface area contributed by atoms with Crippen LogP contribution in [0.3, 0.4) is 0 Å². The van der Waals surface area contributed by atoms with Crippen LogP contribution in [0.4, 0.5) is 4.39 Å². The summed E-state index contributed by atoms with van der Waals surface area (Å²) in [4.78, 5) is 41.1. The Labute approximate surface area is 257 Å². The molecule has 1 saturated heterocycles. The van der Waals surface area contributed by atoms with Gasteiger partial charge < -0.3 is 29.7 Å². The van der Waals surface area contributed by atoms with Crippen LogP contribution in [-0.2, 0) is 17.9 Å². The van der Waals surface area contributed by atoms with E-state index in [9.17, 15) is 18.8 Å². The van der Waals surface area contributed by atoms with E-state index in [1.165, 1.54) is 31.6 Å². The largest absolute Gasteiger partial charge is 0.493 e. The molecule has 0 saturated carbocycles. The molecule has 13 nitrogen and oxygen atoms in total. The monoisotopic (exact) mass is 615 g/mol. The number of fused-ring (bicyclic) bond motifs is 5. The number of carbonyl (C=O) groups is 3. The van der Waals surface area contributed by atoms with Crippen molar-refractivity contribution in [2.75, 3.05) is 26.8 Å². The lowest BCUT2D eigenvalue weighted by atomic mass is 10.00. The summed E-state index contributed by atoms with van der Waals surface area (Å²) in [6.07, 6.45) is 1.30. The number of hydrogen-bond acceptors (Lipinski definition) is 9. The summed E-state index contributed by atoms with van der Waals surface area (Å²) in [5.74, 6) is -0.826. The number of ether oxygens (including phenoxy) is 3. The zero-order valence-corrected chi connectivity index (χ0v) is 24.3. The number of likely N-dealkylation sites (tertiary alicyclic amines) is 1. The Bertz CT molecular complexity index is 1700. The van der Waals surface area contributed by atoms with Gasteiger partial charge in [0, 0.05) is 43.2 Å². The van der Waals surface area contributed by atoms with E-state index in [0.29, 0.717) is 36.4 Å². The van der Waals surface area contributed by atoms with Gasteiger partial charge in [-0.15, -0.1) is 5.10 Å². The first-order valence-corrected chi connectivity index (χ1v) is 14.3. The van der Waals surface area contributed by atoms with Gasteiger partial charge in [-0.3, -0.25) is 14.4 Å². The fourth-order valence-electron chi connectivity index (χ4n) is 5.34. The molecule has 3 amide bonds. The Balaban J connectivity index is 1.23. The zero-order chi connectivity index (χ0) is 31.3. The van der Waals surface area contributed by atoms with Crippen LogP contribution in [0.15, 0.2) is 67.0 Å². The number of tetrazole rings is 1. The second-order valence-electron chi connectivity index (χ2n) is 10.7. The van der Waals surface area contributed by atoms with Crippen LogP contribution < -0.4 is 24.8 Å². The molecule has 3 aromatic carbocycles. The van der Waals surface area contributed by atoms with E-state index in [1.807, 2.05) is 12.1 Å². The average Bonchev–Trinajstić information content (AvgIpc) is 3.56. The fraction of sp³-hybridized carbons (Fsp3) is 0.290. The molecule has 2 aliphatic rings. The summed E-state index contributed by atoms with van der Waals surface area (Å²) in [5.41, 5.74) is 2.18. The average molecular weight is 616 g/mol. The summed E-state index contributed by atoms with van der Waals surface area (Å²) in [5, 5.41) is 16.8. The number of carbonyl (C=O) groups excluding carboxylic acids is 3. The quantitative estimate of drug-likeness (QED) is 0.351. The molecule has 2 N–H and O–H groups in total. The summed E-state index contributed by atoms with van der Waals surface area (Å²) < 4.78 is 33.5. The molecule has 6 rings (SSSR count). The Morgan fingerprint density at radius 1 is 1.11 bits per heavy atom. The second kappa shape index (κ2) is 13.0. The van der Waals surface area contributed by atoms with Crippen molar-refractivity contribution in [2.45, 2.75) is 31.7 Å². The highest BCUT2D eigenvalue weighted by Gasteiger charge is 2.35. The first kappa shape index (κ1) is 29.5. The third-order valence-corrected chi connectivity index (χ3v) is 7.58. The first-order valence-electron chi connectivity index (χ1n) is 14.3. The maximum Gasteiger partial charge on any atom is 0.258 e. The predicted octanol–water partition coefficient (Wildman–Crippen LogP) is 1.97. The highest BCUT2D eigenvalue weighted by molar-refractivity contribution is 5.95. The summed E-state index contributed by atoms with van der Waals surface area (Å²) in [7, 11) is 1.45. The maximum absolute atomic E-state index is 14.6. The van der Waals surface area contributed by atoms with Crippen molar-refractivity contribution in [2.24, 2.45) is 0 Å². The van der Waals surface area contributed by atoms with E-state index < -0.39 is 29.8 Å². The van der Waals surface area contributed by atoms with Gasteiger partial charge >= 0.3 is 0 Å². The van der Waals surface area contributed by atoms with Crippen LogP contribution in [0.5, 0.6) is 17.2 Å². The second-order valence-corrected chi connectivity index (χ2v) is 10.7. The smallest absolute Gasteiger partial charge is 0.258 e. The third kappa shape index (κ3) is 7.00. The van der Waals surface area contributed by atoms with Crippen LogP contribution in [0.2, 0.25) is 0 Å². The number of halogens is 1. The zero-order valence-electron chi connectivity index (χ0n) is 24.3. The highest BCUT2D eigenvalue weighted by Crippen LogP contribution is 2.29. The molecule has 0 unspecified atom stereocenters. The Kier molecular flexibility index (Phi) is 8.53. The molecule has 4 aromatic rings. The molecule has 3 heterocycles. The van der Waals surface area contributed by atoms with E-state index >= 15 is 0 Å². The standard InChI is InChI=1S/C31H30FN7O6/c1-43-27-7-6-22-12-28(27)44-17-29(40)35-25-16-38(31(42)21-4-2-19(3-5-21)15-39-18-34-36-37-39)9-8-26(25)45-24-11-20(10-23(32)13-24)14-33-30(22)41/h2-7,10-13,18,25-26H,8-9,14-17H2,1H3,(H,33,41)(H,35,40)/t25-,26+/m1/s1. The number of aromatic nitrogens is 4. The maximum atomic E-state index is 14.6. The lowest BCUT2D eigenvalue weighted by Gasteiger charge is -2.39. The molecular formula is C31H30FN7O6. The molecule has 0 spiro atoms. The van der Waals surface area contributed by atoms with Gasteiger partial charge in [0.2, 0.25) is 0 Å². The minimum atomic E-state index is -0.634. The molecule has 0 radical (unpaired) electrons. The van der Waals surface area contributed by atoms with Crippen molar-refractivity contribution in [1.82, 2.24) is 35.7 Å². The van der Waals surface area contributed by atoms with Crippen LogP contribution in [0.25, 0.3) is 0 Å². The predicted molar refractivity (Wildman–Crippen MR) is 156 cm³/mol. The van der Waals surface area contributed by atoms with E-state index in [4.69, 9.17) is 14.2 Å². The van der Waals surface area contributed by atoms with Crippen LogP contribution in [0.1, 0.15) is 38.3 Å². The molecule has 1 aromatic heterocycles. The van der Waals surface area contributed by atoms with Gasteiger partial charge in [0.15, 0.2) is 18.1 Å². The summed E-state index contributed by atoms with van der Waals surface area (Å²) >= 11 is 0.